The van der Waals surface area contributed by atoms with Gasteiger partial charge in [-0.2, -0.15) is 0 Å². The Bertz CT molecular complexity index is 1400. The number of anilines is 1. The normalized spacial score (nSPS) is 17.9. The summed E-state index contributed by atoms with van der Waals surface area (Å²) in [5.74, 6) is -0.463. The van der Waals surface area contributed by atoms with Gasteiger partial charge in [0, 0.05) is 40.0 Å². The van der Waals surface area contributed by atoms with E-state index in [0.717, 1.165) is 46.9 Å². The van der Waals surface area contributed by atoms with E-state index >= 15 is 4.39 Å². The van der Waals surface area contributed by atoms with Gasteiger partial charge in [-0.05, 0) is 74.2 Å². The summed E-state index contributed by atoms with van der Waals surface area (Å²) in [7, 11) is 1.97. The molecule has 5 rings (SSSR count). The van der Waals surface area contributed by atoms with Crippen molar-refractivity contribution in [2.75, 3.05) is 12.8 Å². The number of nitrogens with zero attached hydrogens (tertiary/aromatic N) is 1. The van der Waals surface area contributed by atoms with E-state index in [0.29, 0.717) is 27.2 Å². The molecule has 7 heteroatoms. The van der Waals surface area contributed by atoms with Crippen molar-refractivity contribution in [2.45, 2.75) is 44.3 Å². The van der Waals surface area contributed by atoms with Crippen molar-refractivity contribution in [3.05, 3.63) is 88.0 Å². The van der Waals surface area contributed by atoms with Gasteiger partial charge in [-0.25, -0.2) is 4.39 Å². The van der Waals surface area contributed by atoms with Crippen molar-refractivity contribution >= 4 is 44.6 Å². The number of nitrogen functional groups attached to an aromatic ring is 1. The number of fused-ring (bicyclic) bond motifs is 1. The Balaban J connectivity index is 1.51. The highest BCUT2D eigenvalue weighted by Gasteiger charge is 2.32. The summed E-state index contributed by atoms with van der Waals surface area (Å²) in [4.78, 5) is 16.4. The van der Waals surface area contributed by atoms with Crippen LogP contribution in [-0.4, -0.2) is 29.9 Å². The quantitative estimate of drug-likeness (QED) is 0.266. The van der Waals surface area contributed by atoms with E-state index in [2.05, 4.69) is 5.32 Å². The van der Waals surface area contributed by atoms with Crippen molar-refractivity contribution in [3.63, 3.8) is 0 Å². The molecule has 1 amide bonds. The van der Waals surface area contributed by atoms with Gasteiger partial charge in [0.05, 0.1) is 5.02 Å². The molecule has 1 aliphatic carbocycles. The molecule has 0 atom stereocenters. The Morgan fingerprint density at radius 1 is 1.06 bits per heavy atom. The van der Waals surface area contributed by atoms with Crippen LogP contribution in [0.15, 0.2) is 66.7 Å². The van der Waals surface area contributed by atoms with Gasteiger partial charge < -0.3 is 16.0 Å². The minimum Gasteiger partial charge on any atom is -0.399 e. The van der Waals surface area contributed by atoms with Crippen molar-refractivity contribution in [1.29, 1.82) is 0 Å². The topological polar surface area (TPSA) is 58.4 Å². The Labute approximate surface area is 219 Å². The van der Waals surface area contributed by atoms with Crippen LogP contribution in [0.3, 0.4) is 0 Å². The van der Waals surface area contributed by atoms with Crippen LogP contribution in [-0.2, 0) is 6.54 Å². The third-order valence-corrected chi connectivity index (χ3v) is 8.81. The first kappa shape index (κ1) is 24.8. The summed E-state index contributed by atoms with van der Waals surface area (Å²) in [6.45, 7) is 0.181. The molecule has 186 valence electrons. The minimum absolute atomic E-state index is 0.0128. The lowest BCUT2D eigenvalue weighted by atomic mass is 9.89. The van der Waals surface area contributed by atoms with Gasteiger partial charge in [0.25, 0.3) is 5.91 Å². The third-order valence-electron chi connectivity index (χ3n) is 7.14. The first-order chi connectivity index (χ1) is 17.4. The van der Waals surface area contributed by atoms with Crippen molar-refractivity contribution in [2.24, 2.45) is 0 Å². The van der Waals surface area contributed by atoms with Crippen molar-refractivity contribution < 1.29 is 9.18 Å². The highest BCUT2D eigenvalue weighted by Crippen LogP contribution is 2.38. The fraction of sp³-hybridized carbons (Fsp3) is 0.276. The fourth-order valence-electron chi connectivity index (χ4n) is 5.10. The molecule has 0 saturated heterocycles. The van der Waals surface area contributed by atoms with Gasteiger partial charge in [0.1, 0.15) is 10.7 Å². The van der Waals surface area contributed by atoms with Gasteiger partial charge >= 0.3 is 0 Å². The van der Waals surface area contributed by atoms with E-state index < -0.39 is 0 Å². The van der Waals surface area contributed by atoms with Crippen LogP contribution in [0.25, 0.3) is 21.2 Å². The smallest absolute Gasteiger partial charge is 0.266 e. The number of thiophene rings is 1. The summed E-state index contributed by atoms with van der Waals surface area (Å²) in [6.07, 6.45) is 3.65. The maximum Gasteiger partial charge on any atom is 0.266 e. The second-order valence-electron chi connectivity index (χ2n) is 9.40. The van der Waals surface area contributed by atoms with Crippen LogP contribution in [0, 0.1) is 5.82 Å². The first-order valence-corrected chi connectivity index (χ1v) is 13.4. The van der Waals surface area contributed by atoms with Gasteiger partial charge in [0.2, 0.25) is 0 Å². The molecule has 3 aromatic carbocycles. The molecular weight excluding hydrogens is 493 g/mol. The number of benzene rings is 3. The van der Waals surface area contributed by atoms with Gasteiger partial charge in [-0.1, -0.05) is 48.0 Å². The zero-order valence-electron chi connectivity index (χ0n) is 20.1. The maximum atomic E-state index is 15.1. The molecular formula is C29H29ClFN3OS. The molecule has 0 aliphatic heterocycles. The Kier molecular flexibility index (Phi) is 7.28. The molecule has 0 spiro atoms. The molecule has 1 aromatic heterocycles. The Hall–Kier alpha value is -2.93. The average molecular weight is 522 g/mol. The largest absolute Gasteiger partial charge is 0.399 e. The fourth-order valence-corrected chi connectivity index (χ4v) is 6.57. The second-order valence-corrected chi connectivity index (χ2v) is 10.8. The van der Waals surface area contributed by atoms with Crippen molar-refractivity contribution in [1.82, 2.24) is 10.2 Å². The number of amides is 1. The number of carbonyl (C=O) groups excluding carboxylic acids is 1. The summed E-state index contributed by atoms with van der Waals surface area (Å²) >= 11 is 8.10. The molecule has 1 saturated carbocycles. The molecule has 1 fully saturated rings. The first-order valence-electron chi connectivity index (χ1n) is 12.2. The van der Waals surface area contributed by atoms with Gasteiger partial charge in [-0.15, -0.1) is 11.3 Å². The number of hydrogen-bond acceptors (Lipinski definition) is 4. The summed E-state index contributed by atoms with van der Waals surface area (Å²) in [6, 6.07) is 20.8. The van der Waals surface area contributed by atoms with Crippen molar-refractivity contribution in [3.8, 4) is 11.1 Å². The zero-order valence-corrected chi connectivity index (χ0v) is 21.7. The number of rotatable bonds is 6. The zero-order chi connectivity index (χ0) is 25.2. The van der Waals surface area contributed by atoms with E-state index in [1.54, 1.807) is 6.07 Å². The molecule has 0 bridgehead atoms. The highest BCUT2D eigenvalue weighted by atomic mass is 35.5. The number of halogens is 2. The van der Waals surface area contributed by atoms with Gasteiger partial charge in [0.15, 0.2) is 0 Å². The molecule has 4 nitrogen and oxygen atoms in total. The number of hydrogen-bond donors (Lipinski definition) is 2. The third kappa shape index (κ3) is 4.99. The molecule has 0 unspecified atom stereocenters. The van der Waals surface area contributed by atoms with Crippen LogP contribution in [0.5, 0.6) is 0 Å². The van der Waals surface area contributed by atoms with E-state index in [1.807, 2.05) is 66.5 Å². The molecule has 3 N–H and O–H groups in total. The number of nitrogens with two attached hydrogens (primary N) is 1. The summed E-state index contributed by atoms with van der Waals surface area (Å²) in [5.41, 5.74) is 8.88. The molecule has 36 heavy (non-hydrogen) atoms. The predicted molar refractivity (Wildman–Crippen MR) is 148 cm³/mol. The molecule has 4 aromatic rings. The van der Waals surface area contributed by atoms with E-state index in [9.17, 15) is 4.79 Å². The molecule has 0 radical (unpaired) electrons. The maximum absolute atomic E-state index is 15.1. The second kappa shape index (κ2) is 10.6. The van der Waals surface area contributed by atoms with Crippen LogP contribution in [0.4, 0.5) is 10.1 Å². The van der Waals surface area contributed by atoms with E-state index in [1.165, 1.54) is 17.4 Å². The van der Waals surface area contributed by atoms with Crippen LogP contribution < -0.4 is 11.1 Å². The Morgan fingerprint density at radius 3 is 2.53 bits per heavy atom. The van der Waals surface area contributed by atoms with E-state index in [4.69, 9.17) is 17.3 Å². The lowest BCUT2D eigenvalue weighted by Crippen LogP contribution is -2.44. The van der Waals surface area contributed by atoms with Crippen LogP contribution >= 0.6 is 22.9 Å². The number of carbonyl (C=O) groups is 1. The summed E-state index contributed by atoms with van der Waals surface area (Å²) < 4.78 is 16.1. The van der Waals surface area contributed by atoms with Crippen LogP contribution in [0.2, 0.25) is 5.02 Å². The lowest BCUT2D eigenvalue weighted by Gasteiger charge is -2.37. The standard InChI is InChI=1S/C29H29ClFN3OS/c1-33-22-10-12-23(13-11-22)34(29(35)28-27(30)24-7-2-3-8-26(24)36-28)17-20-15-19(9-14-25(20)31)18-5-4-6-21(32)16-18/h2-9,14-16,22-23,33H,10-13,17,32H2,1H3/t22-,23-. The highest BCUT2D eigenvalue weighted by molar-refractivity contribution is 7.21. The van der Waals surface area contributed by atoms with E-state index in [-0.39, 0.29) is 24.3 Å². The monoisotopic (exact) mass is 521 g/mol. The molecule has 1 aliphatic rings. The summed E-state index contributed by atoms with van der Waals surface area (Å²) in [5, 5.41) is 4.70. The van der Waals surface area contributed by atoms with Crippen LogP contribution in [0.1, 0.15) is 40.9 Å². The lowest BCUT2D eigenvalue weighted by molar-refractivity contribution is 0.0604. The number of nitrogens with one attached hydrogen (secondary N) is 1. The molecule has 1 heterocycles. The average Bonchev–Trinajstić information content (AvgIpc) is 3.24. The Morgan fingerprint density at radius 2 is 1.81 bits per heavy atom. The predicted octanol–water partition coefficient (Wildman–Crippen LogP) is 7.12. The minimum atomic E-state index is -0.327. The SMILES string of the molecule is CN[C@H]1CC[C@H](N(Cc2cc(-c3cccc(N)c3)ccc2F)C(=O)c2sc3ccccc3c2Cl)CC1. The van der Waals surface area contributed by atoms with Gasteiger partial charge in [-0.3, -0.25) is 4.79 Å².